The second kappa shape index (κ2) is 8.81. The number of alkyl halides is 3. The van der Waals surface area contributed by atoms with Gasteiger partial charge in [-0.3, -0.25) is 9.79 Å². The van der Waals surface area contributed by atoms with Crippen LogP contribution in [0.1, 0.15) is 23.5 Å². The zero-order valence-electron chi connectivity index (χ0n) is 16.7. The Morgan fingerprint density at radius 3 is 2.81 bits per heavy atom. The molecule has 10 heteroatoms. The Balaban J connectivity index is 1.48. The smallest absolute Gasteiger partial charge is 0.384 e. The van der Waals surface area contributed by atoms with E-state index >= 15 is 0 Å². The number of carbonyl (C=O) groups excluding carboxylic acids is 1. The standard InChI is InChI=1S/C22H19F4N5O/c23-14-2-4-16-17(21(32)30-20(16)10-14)12-29-15-3-5-19(18(11-15)22(24,25)26)28-6-1-8-31-9-7-27-13-31/h2-5,7,9-13,17,28H,1,6,8H2,(H,30,32). The molecule has 6 nitrogen and oxygen atoms in total. The van der Waals surface area contributed by atoms with Crippen molar-refractivity contribution in [3.63, 3.8) is 0 Å². The van der Waals surface area contributed by atoms with Crippen LogP contribution < -0.4 is 10.6 Å². The van der Waals surface area contributed by atoms with Crippen molar-refractivity contribution >= 4 is 29.2 Å². The van der Waals surface area contributed by atoms with Gasteiger partial charge in [-0.05, 0) is 42.3 Å². The number of nitrogens with one attached hydrogen (secondary N) is 2. The second-order valence-corrected chi connectivity index (χ2v) is 7.29. The van der Waals surface area contributed by atoms with Gasteiger partial charge in [0.25, 0.3) is 0 Å². The van der Waals surface area contributed by atoms with Gasteiger partial charge in [-0.25, -0.2) is 9.37 Å². The molecule has 166 valence electrons. The first kappa shape index (κ1) is 21.5. The average Bonchev–Trinajstić information content (AvgIpc) is 3.36. The fourth-order valence-corrected chi connectivity index (χ4v) is 3.47. The Labute approximate surface area is 181 Å². The molecule has 2 heterocycles. The minimum atomic E-state index is -4.58. The summed E-state index contributed by atoms with van der Waals surface area (Å²) in [5, 5.41) is 5.37. The molecule has 0 saturated carbocycles. The normalized spacial score (nSPS) is 15.8. The van der Waals surface area contributed by atoms with E-state index in [1.807, 2.05) is 4.57 Å². The molecule has 1 atom stereocenters. The van der Waals surface area contributed by atoms with Crippen molar-refractivity contribution in [1.82, 2.24) is 9.55 Å². The lowest BCUT2D eigenvalue weighted by Gasteiger charge is -2.15. The fraction of sp³-hybridized carbons (Fsp3) is 0.227. The molecule has 2 N–H and O–H groups in total. The summed E-state index contributed by atoms with van der Waals surface area (Å²) in [6.45, 7) is 0.977. The molecule has 0 fully saturated rings. The number of amides is 1. The molecule has 1 unspecified atom stereocenters. The highest BCUT2D eigenvalue weighted by Gasteiger charge is 2.34. The fourth-order valence-electron chi connectivity index (χ4n) is 3.47. The van der Waals surface area contributed by atoms with Crippen molar-refractivity contribution in [1.29, 1.82) is 0 Å². The van der Waals surface area contributed by atoms with Crippen molar-refractivity contribution in [2.45, 2.75) is 25.1 Å². The average molecular weight is 445 g/mol. The number of anilines is 2. The van der Waals surface area contributed by atoms with Crippen LogP contribution in [-0.4, -0.2) is 28.2 Å². The largest absolute Gasteiger partial charge is 0.418 e. The topological polar surface area (TPSA) is 71.3 Å². The third kappa shape index (κ3) is 4.79. The first-order valence-corrected chi connectivity index (χ1v) is 9.86. The van der Waals surface area contributed by atoms with E-state index in [1.54, 1.807) is 18.7 Å². The molecule has 0 spiro atoms. The molecule has 1 aliphatic heterocycles. The van der Waals surface area contributed by atoms with Crippen LogP contribution in [0.25, 0.3) is 0 Å². The van der Waals surface area contributed by atoms with Crippen molar-refractivity contribution in [2.24, 2.45) is 4.99 Å². The lowest BCUT2D eigenvalue weighted by atomic mass is 10.0. The molecule has 1 aromatic heterocycles. The van der Waals surface area contributed by atoms with Gasteiger partial charge in [0.05, 0.1) is 17.6 Å². The highest BCUT2D eigenvalue weighted by Crippen LogP contribution is 2.38. The lowest BCUT2D eigenvalue weighted by Crippen LogP contribution is -2.13. The summed E-state index contributed by atoms with van der Waals surface area (Å²) in [5.74, 6) is -1.72. The maximum absolute atomic E-state index is 13.6. The number of aromatic nitrogens is 2. The maximum Gasteiger partial charge on any atom is 0.418 e. The number of aliphatic imine (C=N–C) groups is 1. The van der Waals surface area contributed by atoms with Crippen LogP contribution in [0.15, 0.2) is 60.1 Å². The number of nitrogens with zero attached hydrogens (tertiary/aromatic N) is 3. The number of aryl methyl sites for hydroxylation is 1. The predicted molar refractivity (Wildman–Crippen MR) is 113 cm³/mol. The van der Waals surface area contributed by atoms with Crippen molar-refractivity contribution in [2.75, 3.05) is 17.2 Å². The molecule has 0 saturated heterocycles. The van der Waals surface area contributed by atoms with Gasteiger partial charge in [0.15, 0.2) is 0 Å². The Morgan fingerprint density at radius 1 is 1.22 bits per heavy atom. The van der Waals surface area contributed by atoms with Gasteiger partial charge in [0, 0.05) is 43.1 Å². The molecule has 0 radical (unpaired) electrons. The summed E-state index contributed by atoms with van der Waals surface area (Å²) < 4.78 is 56.0. The van der Waals surface area contributed by atoms with Gasteiger partial charge >= 0.3 is 6.18 Å². The SMILES string of the molecule is O=C1Nc2cc(F)ccc2C1C=Nc1ccc(NCCCn2ccnc2)c(C(F)(F)F)c1. The minimum absolute atomic E-state index is 0.0403. The molecule has 2 aromatic carbocycles. The van der Waals surface area contributed by atoms with Gasteiger partial charge < -0.3 is 15.2 Å². The number of hydrogen-bond acceptors (Lipinski definition) is 4. The van der Waals surface area contributed by atoms with Crippen LogP contribution in [0, 0.1) is 5.82 Å². The van der Waals surface area contributed by atoms with Gasteiger partial charge in [-0.15, -0.1) is 0 Å². The molecule has 32 heavy (non-hydrogen) atoms. The van der Waals surface area contributed by atoms with E-state index in [2.05, 4.69) is 20.6 Å². The van der Waals surface area contributed by atoms with Crippen LogP contribution in [0.3, 0.4) is 0 Å². The lowest BCUT2D eigenvalue weighted by molar-refractivity contribution is -0.137. The van der Waals surface area contributed by atoms with Crippen molar-refractivity contribution in [3.8, 4) is 0 Å². The number of carbonyl (C=O) groups is 1. The highest BCUT2D eigenvalue weighted by molar-refractivity contribution is 6.12. The van der Waals surface area contributed by atoms with Crippen LogP contribution in [0.2, 0.25) is 0 Å². The zero-order valence-corrected chi connectivity index (χ0v) is 16.7. The van der Waals surface area contributed by atoms with Crippen LogP contribution >= 0.6 is 0 Å². The minimum Gasteiger partial charge on any atom is -0.384 e. The van der Waals surface area contributed by atoms with Gasteiger partial charge in [0.1, 0.15) is 11.7 Å². The second-order valence-electron chi connectivity index (χ2n) is 7.29. The first-order valence-electron chi connectivity index (χ1n) is 9.86. The number of halogens is 4. The molecule has 3 aromatic rings. The summed E-state index contributed by atoms with van der Waals surface area (Å²) in [6.07, 6.45) is 2.38. The van der Waals surface area contributed by atoms with E-state index in [0.717, 1.165) is 6.07 Å². The molecule has 4 rings (SSSR count). The van der Waals surface area contributed by atoms with Gasteiger partial charge in [0.2, 0.25) is 5.91 Å². The molecule has 0 bridgehead atoms. The summed E-state index contributed by atoms with van der Waals surface area (Å²) >= 11 is 0. The molecule has 0 aliphatic carbocycles. The van der Waals surface area contributed by atoms with E-state index in [-0.39, 0.29) is 11.4 Å². The Bertz CT molecular complexity index is 1140. The van der Waals surface area contributed by atoms with Crippen LogP contribution in [0.4, 0.5) is 34.6 Å². The van der Waals surface area contributed by atoms with E-state index < -0.39 is 29.4 Å². The van der Waals surface area contributed by atoms with E-state index in [4.69, 9.17) is 0 Å². The van der Waals surface area contributed by atoms with Crippen molar-refractivity contribution < 1.29 is 22.4 Å². The van der Waals surface area contributed by atoms with Gasteiger partial charge in [-0.2, -0.15) is 13.2 Å². The maximum atomic E-state index is 13.6. The summed E-state index contributed by atoms with van der Waals surface area (Å²) in [6, 6.07) is 7.57. The zero-order chi connectivity index (χ0) is 22.7. The monoisotopic (exact) mass is 445 g/mol. The number of fused-ring (bicyclic) bond motifs is 1. The van der Waals surface area contributed by atoms with E-state index in [9.17, 15) is 22.4 Å². The molecule has 1 aliphatic rings. The highest BCUT2D eigenvalue weighted by atomic mass is 19.4. The number of hydrogen-bond donors (Lipinski definition) is 2. The molecule has 1 amide bonds. The Kier molecular flexibility index (Phi) is 5.93. The summed E-state index contributed by atoms with van der Waals surface area (Å²) in [5.41, 5.74) is 0.0318. The third-order valence-electron chi connectivity index (χ3n) is 5.04. The third-order valence-corrected chi connectivity index (χ3v) is 5.04. The Morgan fingerprint density at radius 2 is 2.06 bits per heavy atom. The predicted octanol–water partition coefficient (Wildman–Crippen LogP) is 4.98. The number of benzene rings is 2. The van der Waals surface area contributed by atoms with E-state index in [1.165, 1.54) is 36.5 Å². The van der Waals surface area contributed by atoms with Crippen LogP contribution in [0.5, 0.6) is 0 Å². The number of rotatable bonds is 7. The summed E-state index contributed by atoms with van der Waals surface area (Å²) in [7, 11) is 0. The van der Waals surface area contributed by atoms with E-state index in [0.29, 0.717) is 30.8 Å². The van der Waals surface area contributed by atoms with Crippen LogP contribution in [-0.2, 0) is 17.5 Å². The Hall–Kier alpha value is -3.69. The molecular formula is C22H19F4N5O. The number of imidazole rings is 1. The van der Waals surface area contributed by atoms with Gasteiger partial charge in [-0.1, -0.05) is 6.07 Å². The molecular weight excluding hydrogens is 426 g/mol. The van der Waals surface area contributed by atoms with Crippen molar-refractivity contribution in [3.05, 3.63) is 72.1 Å². The first-order chi connectivity index (χ1) is 15.3. The quantitative estimate of drug-likeness (QED) is 0.306. The summed E-state index contributed by atoms with van der Waals surface area (Å²) in [4.78, 5) is 20.2.